The molecule has 4 aromatic rings. The van der Waals surface area contributed by atoms with Crippen molar-refractivity contribution in [3.05, 3.63) is 48.5 Å². The third kappa shape index (κ3) is 4.72. The summed E-state index contributed by atoms with van der Waals surface area (Å²) in [5.74, 6) is 0.541. The minimum Gasteiger partial charge on any atom is -0.496 e. The molecule has 0 radical (unpaired) electrons. The number of sulfonamides is 1. The molecule has 12 heteroatoms. The van der Waals surface area contributed by atoms with Crippen LogP contribution >= 0.6 is 0 Å². The van der Waals surface area contributed by atoms with Crippen LogP contribution in [-0.4, -0.2) is 66.1 Å². The summed E-state index contributed by atoms with van der Waals surface area (Å²) in [6.07, 6.45) is 0. The fourth-order valence-corrected chi connectivity index (χ4v) is 5.67. The first-order valence-electron chi connectivity index (χ1n) is 11.6. The van der Waals surface area contributed by atoms with Gasteiger partial charge >= 0.3 is 0 Å². The second kappa shape index (κ2) is 10.1. The largest absolute Gasteiger partial charge is 0.496 e. The second-order valence-corrected chi connectivity index (χ2v) is 9.92. The maximum Gasteiger partial charge on any atom is 0.270 e. The Morgan fingerprint density at radius 1 is 0.946 bits per heavy atom. The van der Waals surface area contributed by atoms with Crippen LogP contribution in [-0.2, 0) is 10.0 Å². The fourth-order valence-electron chi connectivity index (χ4n) is 4.34. The first kappa shape index (κ1) is 24.7. The van der Waals surface area contributed by atoms with Crippen LogP contribution in [0.5, 0.6) is 17.2 Å². The molecule has 0 unspecified atom stereocenters. The first-order valence-corrected chi connectivity index (χ1v) is 13.1. The van der Waals surface area contributed by atoms with Crippen LogP contribution < -0.4 is 29.1 Å². The van der Waals surface area contributed by atoms with Gasteiger partial charge in [-0.15, -0.1) is 0 Å². The zero-order chi connectivity index (χ0) is 26.0. The number of hydrogen-bond acceptors (Lipinski definition) is 10. The first-order chi connectivity index (χ1) is 17.9. The molecule has 1 saturated heterocycles. The highest BCUT2D eigenvalue weighted by molar-refractivity contribution is 7.93. The predicted octanol–water partition coefficient (Wildman–Crippen LogP) is 3.13. The molecule has 194 valence electrons. The van der Waals surface area contributed by atoms with E-state index in [1.54, 1.807) is 12.1 Å². The summed E-state index contributed by atoms with van der Waals surface area (Å²) in [4.78, 5) is 6.75. The van der Waals surface area contributed by atoms with E-state index in [1.807, 2.05) is 12.1 Å². The molecule has 0 bridgehead atoms. The molecular formula is C25H27N5O6S. The van der Waals surface area contributed by atoms with E-state index < -0.39 is 10.0 Å². The van der Waals surface area contributed by atoms with Gasteiger partial charge in [0.2, 0.25) is 0 Å². The number of methoxy groups -OCH3 is 3. The van der Waals surface area contributed by atoms with E-state index in [2.05, 4.69) is 37.2 Å². The van der Waals surface area contributed by atoms with Crippen LogP contribution in [0.25, 0.3) is 22.4 Å². The molecule has 0 spiro atoms. The number of rotatable bonds is 8. The molecule has 2 N–H and O–H groups in total. The van der Waals surface area contributed by atoms with Crippen molar-refractivity contribution in [1.29, 1.82) is 0 Å². The summed E-state index contributed by atoms with van der Waals surface area (Å²) in [5.41, 5.74) is 2.70. The Morgan fingerprint density at radius 2 is 1.62 bits per heavy atom. The molecule has 5 rings (SSSR count). The Hall–Kier alpha value is -4.03. The van der Waals surface area contributed by atoms with Crippen LogP contribution in [0.4, 0.5) is 11.5 Å². The SMILES string of the molecule is COc1cccc(OC)c1S(=O)(=O)Nc1noc2nc(-c3cccc(N4CCNCC4)c3)cc(OC)c12. The molecule has 37 heavy (non-hydrogen) atoms. The molecule has 1 fully saturated rings. The molecule has 0 saturated carbocycles. The number of pyridine rings is 1. The molecule has 2 aromatic carbocycles. The van der Waals surface area contributed by atoms with Gasteiger partial charge in [-0.25, -0.2) is 13.4 Å². The van der Waals surface area contributed by atoms with E-state index in [9.17, 15) is 8.42 Å². The Bertz CT molecular complexity index is 1510. The van der Waals surface area contributed by atoms with Crippen molar-refractivity contribution in [2.45, 2.75) is 4.90 Å². The van der Waals surface area contributed by atoms with Crippen LogP contribution in [0.15, 0.2) is 57.9 Å². The Balaban J connectivity index is 1.53. The lowest BCUT2D eigenvalue weighted by atomic mass is 10.1. The number of fused-ring (bicyclic) bond motifs is 1. The van der Waals surface area contributed by atoms with E-state index in [4.69, 9.17) is 18.7 Å². The number of ether oxygens (including phenoxy) is 3. The summed E-state index contributed by atoms with van der Waals surface area (Å²) in [7, 11) is 0.0681. The highest BCUT2D eigenvalue weighted by atomic mass is 32.2. The van der Waals surface area contributed by atoms with Crippen molar-refractivity contribution in [3.63, 3.8) is 0 Å². The van der Waals surface area contributed by atoms with Gasteiger partial charge in [0, 0.05) is 43.5 Å². The average Bonchev–Trinajstić information content (AvgIpc) is 3.34. The summed E-state index contributed by atoms with van der Waals surface area (Å²) in [5, 5.41) is 7.60. The number of anilines is 2. The van der Waals surface area contributed by atoms with Crippen molar-refractivity contribution < 1.29 is 27.2 Å². The van der Waals surface area contributed by atoms with Crippen molar-refractivity contribution in [2.75, 3.05) is 57.1 Å². The molecule has 3 heterocycles. The molecule has 1 aliphatic heterocycles. The maximum absolute atomic E-state index is 13.4. The van der Waals surface area contributed by atoms with E-state index in [1.165, 1.54) is 33.5 Å². The number of nitrogens with one attached hydrogen (secondary N) is 2. The van der Waals surface area contributed by atoms with E-state index in [0.717, 1.165) is 37.4 Å². The van der Waals surface area contributed by atoms with E-state index in [-0.39, 0.29) is 27.9 Å². The molecule has 11 nitrogen and oxygen atoms in total. The lowest BCUT2D eigenvalue weighted by Crippen LogP contribution is -2.43. The predicted molar refractivity (Wildman–Crippen MR) is 139 cm³/mol. The second-order valence-electron chi connectivity index (χ2n) is 8.31. The third-order valence-corrected chi connectivity index (χ3v) is 7.54. The highest BCUT2D eigenvalue weighted by Gasteiger charge is 2.28. The number of hydrogen-bond donors (Lipinski definition) is 2. The fraction of sp³-hybridized carbons (Fsp3) is 0.280. The zero-order valence-corrected chi connectivity index (χ0v) is 21.5. The van der Waals surface area contributed by atoms with Gasteiger partial charge in [0.1, 0.15) is 22.6 Å². The summed E-state index contributed by atoms with van der Waals surface area (Å²) in [6.45, 7) is 3.70. The molecular weight excluding hydrogens is 498 g/mol. The summed E-state index contributed by atoms with van der Waals surface area (Å²) >= 11 is 0. The van der Waals surface area contributed by atoms with Crippen molar-refractivity contribution in [3.8, 4) is 28.5 Å². The Labute approximate surface area is 214 Å². The van der Waals surface area contributed by atoms with Crippen LogP contribution in [0, 0.1) is 0 Å². The van der Waals surface area contributed by atoms with Crippen molar-refractivity contribution in [2.24, 2.45) is 0 Å². The van der Waals surface area contributed by atoms with Gasteiger partial charge in [-0.1, -0.05) is 23.4 Å². The van der Waals surface area contributed by atoms with Crippen LogP contribution in [0.2, 0.25) is 0 Å². The number of aromatic nitrogens is 2. The smallest absolute Gasteiger partial charge is 0.270 e. The maximum atomic E-state index is 13.4. The lowest BCUT2D eigenvalue weighted by molar-refractivity contribution is 0.373. The van der Waals surface area contributed by atoms with Gasteiger partial charge in [-0.05, 0) is 24.3 Å². The Morgan fingerprint density at radius 3 is 2.30 bits per heavy atom. The topological polar surface area (TPSA) is 128 Å². The van der Waals surface area contributed by atoms with Crippen LogP contribution in [0.1, 0.15) is 0 Å². The number of nitrogens with zero attached hydrogens (tertiary/aromatic N) is 3. The molecule has 0 amide bonds. The van der Waals surface area contributed by atoms with E-state index in [0.29, 0.717) is 16.8 Å². The van der Waals surface area contributed by atoms with Gasteiger partial charge < -0.3 is 29.0 Å². The molecule has 0 atom stereocenters. The van der Waals surface area contributed by atoms with Gasteiger partial charge in [0.25, 0.3) is 15.7 Å². The monoisotopic (exact) mass is 525 g/mol. The van der Waals surface area contributed by atoms with Crippen LogP contribution in [0.3, 0.4) is 0 Å². The molecule has 0 aliphatic carbocycles. The Kier molecular flexibility index (Phi) is 6.76. The lowest BCUT2D eigenvalue weighted by Gasteiger charge is -2.29. The van der Waals surface area contributed by atoms with Gasteiger partial charge in [-0.2, -0.15) is 0 Å². The molecule has 2 aromatic heterocycles. The quantitative estimate of drug-likeness (QED) is 0.354. The van der Waals surface area contributed by atoms with Gasteiger partial charge in [0.05, 0.1) is 27.0 Å². The summed E-state index contributed by atoms with van der Waals surface area (Å²) in [6, 6.07) is 14.5. The molecule has 1 aliphatic rings. The zero-order valence-electron chi connectivity index (χ0n) is 20.6. The standard InChI is InChI=1S/C25H27N5O6S/c1-33-19-8-5-9-20(34-2)23(19)37(31,32)29-24-22-21(35-3)15-18(27-25(22)36-28-24)16-6-4-7-17(14-16)30-12-10-26-11-13-30/h4-9,14-15,26H,10-13H2,1-3H3,(H,28,29). The van der Waals surface area contributed by atoms with Gasteiger partial charge in [0.15, 0.2) is 10.7 Å². The minimum absolute atomic E-state index is 0.0616. The number of piperazine rings is 1. The highest BCUT2D eigenvalue weighted by Crippen LogP contribution is 2.38. The number of benzene rings is 2. The summed E-state index contributed by atoms with van der Waals surface area (Å²) < 4.78 is 50.7. The normalized spacial score (nSPS) is 14.0. The average molecular weight is 526 g/mol. The van der Waals surface area contributed by atoms with Crippen molar-refractivity contribution >= 4 is 32.6 Å². The van der Waals surface area contributed by atoms with E-state index >= 15 is 0 Å². The van der Waals surface area contributed by atoms with Crippen molar-refractivity contribution in [1.82, 2.24) is 15.5 Å². The minimum atomic E-state index is -4.18. The third-order valence-electron chi connectivity index (χ3n) is 6.14. The van der Waals surface area contributed by atoms with Gasteiger partial charge in [-0.3, -0.25) is 4.72 Å².